The number of hydrogen-bond donors (Lipinski definition) is 1. The van der Waals surface area contributed by atoms with E-state index in [1.54, 1.807) is 26.4 Å². The van der Waals surface area contributed by atoms with Gasteiger partial charge in [0.15, 0.2) is 11.5 Å². The van der Waals surface area contributed by atoms with Crippen LogP contribution in [0.4, 0.5) is 5.69 Å². The van der Waals surface area contributed by atoms with Crippen molar-refractivity contribution < 1.29 is 14.3 Å². The number of hydrogen-bond acceptors (Lipinski definition) is 3. The molecule has 1 aliphatic rings. The minimum Gasteiger partial charge on any atom is -0.493 e. The van der Waals surface area contributed by atoms with Gasteiger partial charge in [0.2, 0.25) is 5.91 Å². The first-order chi connectivity index (χ1) is 11.2. The lowest BCUT2D eigenvalue weighted by Gasteiger charge is -2.24. The van der Waals surface area contributed by atoms with E-state index in [-0.39, 0.29) is 11.8 Å². The van der Waals surface area contributed by atoms with Crippen molar-refractivity contribution in [2.24, 2.45) is 0 Å². The Hall–Kier alpha value is -2.49. The molecule has 4 heteroatoms. The zero-order valence-electron chi connectivity index (χ0n) is 13.5. The lowest BCUT2D eigenvalue weighted by Crippen LogP contribution is -2.24. The summed E-state index contributed by atoms with van der Waals surface area (Å²) in [6, 6.07) is 13.6. The number of aryl methyl sites for hydroxylation is 1. The van der Waals surface area contributed by atoms with E-state index < -0.39 is 0 Å². The first kappa shape index (κ1) is 15.4. The number of rotatable bonds is 4. The van der Waals surface area contributed by atoms with Crippen molar-refractivity contribution in [3.63, 3.8) is 0 Å². The van der Waals surface area contributed by atoms with Gasteiger partial charge in [-0.1, -0.05) is 24.3 Å². The Bertz CT molecular complexity index is 712. The van der Waals surface area contributed by atoms with E-state index in [9.17, 15) is 4.79 Å². The van der Waals surface area contributed by atoms with E-state index in [0.29, 0.717) is 11.5 Å². The summed E-state index contributed by atoms with van der Waals surface area (Å²) in [5.74, 6) is 1.19. The molecule has 0 spiro atoms. The first-order valence-electron chi connectivity index (χ1n) is 7.83. The lowest BCUT2D eigenvalue weighted by molar-refractivity contribution is -0.117. The van der Waals surface area contributed by atoms with Crippen LogP contribution >= 0.6 is 0 Å². The molecule has 0 saturated carbocycles. The van der Waals surface area contributed by atoms with Gasteiger partial charge in [0.1, 0.15) is 0 Å². The van der Waals surface area contributed by atoms with Crippen molar-refractivity contribution in [1.82, 2.24) is 0 Å². The molecule has 1 amide bonds. The molecular weight excluding hydrogens is 290 g/mol. The number of amides is 1. The highest BCUT2D eigenvalue weighted by Crippen LogP contribution is 2.34. The normalized spacial score (nSPS) is 16.3. The van der Waals surface area contributed by atoms with E-state index in [2.05, 4.69) is 17.4 Å². The number of ether oxygens (including phenoxy) is 2. The van der Waals surface area contributed by atoms with Crippen molar-refractivity contribution in [2.45, 2.75) is 25.2 Å². The molecule has 3 rings (SSSR count). The van der Waals surface area contributed by atoms with Crippen LogP contribution < -0.4 is 14.8 Å². The fourth-order valence-electron chi connectivity index (χ4n) is 3.17. The lowest BCUT2D eigenvalue weighted by atomic mass is 9.82. The zero-order chi connectivity index (χ0) is 16.2. The third-order valence-electron chi connectivity index (χ3n) is 4.34. The largest absolute Gasteiger partial charge is 0.493 e. The molecule has 0 aliphatic heterocycles. The maximum Gasteiger partial charge on any atom is 0.231 e. The van der Waals surface area contributed by atoms with Gasteiger partial charge in [-0.15, -0.1) is 0 Å². The van der Waals surface area contributed by atoms with Crippen molar-refractivity contribution in [3.8, 4) is 11.5 Å². The van der Waals surface area contributed by atoms with Crippen LogP contribution in [0.15, 0.2) is 42.5 Å². The van der Waals surface area contributed by atoms with E-state index in [1.807, 2.05) is 18.2 Å². The Balaban J connectivity index is 1.80. The quantitative estimate of drug-likeness (QED) is 0.935. The van der Waals surface area contributed by atoms with Crippen LogP contribution in [0.25, 0.3) is 0 Å². The number of methoxy groups -OCH3 is 2. The van der Waals surface area contributed by atoms with Gasteiger partial charge in [-0.05, 0) is 42.5 Å². The van der Waals surface area contributed by atoms with Crippen LogP contribution in [-0.2, 0) is 11.2 Å². The SMILES string of the molecule is COc1ccc(NC(=O)C2CCCc3ccccc32)cc1OC. The molecule has 0 aromatic heterocycles. The van der Waals surface area contributed by atoms with Crippen LogP contribution in [0, 0.1) is 0 Å². The predicted molar refractivity (Wildman–Crippen MR) is 90.3 cm³/mol. The van der Waals surface area contributed by atoms with Gasteiger partial charge in [0.25, 0.3) is 0 Å². The molecule has 1 aliphatic carbocycles. The van der Waals surface area contributed by atoms with Gasteiger partial charge in [-0.25, -0.2) is 0 Å². The molecular formula is C19H21NO3. The number of anilines is 1. The minimum atomic E-state index is -0.0898. The van der Waals surface area contributed by atoms with Crippen molar-refractivity contribution in [2.75, 3.05) is 19.5 Å². The van der Waals surface area contributed by atoms with Crippen LogP contribution in [-0.4, -0.2) is 20.1 Å². The van der Waals surface area contributed by atoms with Crippen LogP contribution in [0.5, 0.6) is 11.5 Å². The molecule has 0 fully saturated rings. The standard InChI is InChI=1S/C19H21NO3/c1-22-17-11-10-14(12-18(17)23-2)20-19(21)16-9-5-7-13-6-3-4-8-15(13)16/h3-4,6,8,10-12,16H,5,7,9H2,1-2H3,(H,20,21). The smallest absolute Gasteiger partial charge is 0.231 e. The summed E-state index contributed by atoms with van der Waals surface area (Å²) in [5, 5.41) is 3.00. The molecule has 0 saturated heterocycles. The van der Waals surface area contributed by atoms with Gasteiger partial charge in [-0.2, -0.15) is 0 Å². The average molecular weight is 311 g/mol. The maximum atomic E-state index is 12.7. The van der Waals surface area contributed by atoms with Crippen molar-refractivity contribution in [1.29, 1.82) is 0 Å². The van der Waals surface area contributed by atoms with Gasteiger partial charge in [-0.3, -0.25) is 4.79 Å². The molecule has 2 aromatic rings. The van der Waals surface area contributed by atoms with E-state index in [0.717, 1.165) is 30.5 Å². The molecule has 0 bridgehead atoms. The van der Waals surface area contributed by atoms with Gasteiger partial charge >= 0.3 is 0 Å². The second kappa shape index (κ2) is 6.73. The van der Waals surface area contributed by atoms with Gasteiger partial charge in [0.05, 0.1) is 20.1 Å². The topological polar surface area (TPSA) is 47.6 Å². The summed E-state index contributed by atoms with van der Waals surface area (Å²) in [7, 11) is 3.18. The summed E-state index contributed by atoms with van der Waals surface area (Å²) in [6.45, 7) is 0. The Labute approximate surface area is 136 Å². The Morgan fingerprint density at radius 2 is 1.87 bits per heavy atom. The Morgan fingerprint density at radius 3 is 2.65 bits per heavy atom. The summed E-state index contributed by atoms with van der Waals surface area (Å²) < 4.78 is 10.5. The van der Waals surface area contributed by atoms with Crippen molar-refractivity contribution >= 4 is 11.6 Å². The van der Waals surface area contributed by atoms with E-state index in [4.69, 9.17) is 9.47 Å². The van der Waals surface area contributed by atoms with Gasteiger partial charge < -0.3 is 14.8 Å². The molecule has 1 N–H and O–H groups in total. The number of benzene rings is 2. The molecule has 1 unspecified atom stereocenters. The molecule has 4 nitrogen and oxygen atoms in total. The zero-order valence-corrected chi connectivity index (χ0v) is 13.5. The van der Waals surface area contributed by atoms with E-state index >= 15 is 0 Å². The third-order valence-corrected chi connectivity index (χ3v) is 4.34. The number of nitrogens with one attached hydrogen (secondary N) is 1. The van der Waals surface area contributed by atoms with E-state index in [1.165, 1.54) is 5.56 Å². The molecule has 23 heavy (non-hydrogen) atoms. The highest BCUT2D eigenvalue weighted by Gasteiger charge is 2.26. The molecule has 0 radical (unpaired) electrons. The second-order valence-corrected chi connectivity index (χ2v) is 5.70. The third kappa shape index (κ3) is 3.16. The molecule has 2 aromatic carbocycles. The van der Waals surface area contributed by atoms with Gasteiger partial charge in [0, 0.05) is 11.8 Å². The minimum absolute atomic E-state index is 0.0318. The second-order valence-electron chi connectivity index (χ2n) is 5.70. The molecule has 0 heterocycles. The molecule has 1 atom stereocenters. The summed E-state index contributed by atoms with van der Waals surface area (Å²) >= 11 is 0. The number of fused-ring (bicyclic) bond motifs is 1. The summed E-state index contributed by atoms with van der Waals surface area (Å²) in [5.41, 5.74) is 3.15. The fourth-order valence-corrected chi connectivity index (χ4v) is 3.17. The highest BCUT2D eigenvalue weighted by atomic mass is 16.5. The Morgan fingerprint density at radius 1 is 1.09 bits per heavy atom. The maximum absolute atomic E-state index is 12.7. The van der Waals surface area contributed by atoms with Crippen LogP contribution in [0.2, 0.25) is 0 Å². The van der Waals surface area contributed by atoms with Crippen molar-refractivity contribution in [3.05, 3.63) is 53.6 Å². The van der Waals surface area contributed by atoms with Crippen LogP contribution in [0.3, 0.4) is 0 Å². The molecule has 120 valence electrons. The van der Waals surface area contributed by atoms with Crippen LogP contribution in [0.1, 0.15) is 29.9 Å². The number of carbonyl (C=O) groups excluding carboxylic acids is 1. The monoisotopic (exact) mass is 311 g/mol. The highest BCUT2D eigenvalue weighted by molar-refractivity contribution is 5.96. The first-order valence-corrected chi connectivity index (χ1v) is 7.83. The summed E-state index contributed by atoms with van der Waals surface area (Å²) in [4.78, 5) is 12.7. The summed E-state index contributed by atoms with van der Waals surface area (Å²) in [6.07, 6.45) is 2.98. The Kier molecular flexibility index (Phi) is 4.51. The number of carbonyl (C=O) groups is 1. The predicted octanol–water partition coefficient (Wildman–Crippen LogP) is 3.76. The average Bonchev–Trinajstić information content (AvgIpc) is 2.61. The fraction of sp³-hybridized carbons (Fsp3) is 0.316.